The molecule has 0 radical (unpaired) electrons. The molecule has 0 fully saturated rings. The molecule has 1 atom stereocenters. The molecule has 0 saturated heterocycles. The lowest BCUT2D eigenvalue weighted by Gasteiger charge is -2.18. The van der Waals surface area contributed by atoms with Crippen LogP contribution in [0.2, 0.25) is 0 Å². The van der Waals surface area contributed by atoms with E-state index in [0.717, 1.165) is 116 Å². The first-order valence-corrected chi connectivity index (χ1v) is 27.1. The highest BCUT2D eigenvalue weighted by molar-refractivity contribution is 5.71. The Balaban J connectivity index is 4.00. The van der Waals surface area contributed by atoms with Crippen LogP contribution in [-0.2, 0) is 28.6 Å². The SMILES string of the molecule is CC/C=C\C/C=C\C/C=C\C/C=C\C/C=C\C/C=C\CCCCCCCCCCCCCCC(=O)OCC(COC(=O)CCCCCCCC)OC(=O)CCCCCCC/C=C\CCC. The van der Waals surface area contributed by atoms with E-state index in [1.165, 1.54) is 96.3 Å². The lowest BCUT2D eigenvalue weighted by molar-refractivity contribution is -0.167. The summed E-state index contributed by atoms with van der Waals surface area (Å²) in [6.45, 7) is 6.39. The van der Waals surface area contributed by atoms with Crippen molar-refractivity contribution >= 4 is 17.9 Å². The molecule has 0 spiro atoms. The van der Waals surface area contributed by atoms with Gasteiger partial charge in [-0.1, -0.05) is 228 Å². The van der Waals surface area contributed by atoms with Crippen LogP contribution in [0.5, 0.6) is 0 Å². The van der Waals surface area contributed by atoms with E-state index in [9.17, 15) is 14.4 Å². The highest BCUT2D eigenvalue weighted by atomic mass is 16.6. The summed E-state index contributed by atoms with van der Waals surface area (Å²) in [7, 11) is 0. The monoisotopic (exact) mass is 905 g/mol. The first kappa shape index (κ1) is 61.6. The molecular formula is C59H100O6. The van der Waals surface area contributed by atoms with Gasteiger partial charge < -0.3 is 14.2 Å². The second-order valence-corrected chi connectivity index (χ2v) is 17.8. The van der Waals surface area contributed by atoms with Crippen LogP contribution in [-0.4, -0.2) is 37.2 Å². The number of unbranched alkanes of at least 4 members (excludes halogenated alkanes) is 23. The number of rotatable bonds is 48. The first-order valence-electron chi connectivity index (χ1n) is 27.1. The molecule has 372 valence electrons. The quantitative estimate of drug-likeness (QED) is 0.0262. The number of esters is 3. The zero-order chi connectivity index (χ0) is 47.2. The van der Waals surface area contributed by atoms with Gasteiger partial charge in [0.15, 0.2) is 6.10 Å². The molecule has 0 saturated carbocycles. The molecule has 0 aromatic carbocycles. The molecule has 0 amide bonds. The molecule has 0 aromatic heterocycles. The third-order valence-corrected chi connectivity index (χ3v) is 11.4. The molecule has 0 aliphatic carbocycles. The molecule has 0 heterocycles. The third-order valence-electron chi connectivity index (χ3n) is 11.4. The van der Waals surface area contributed by atoms with Crippen molar-refractivity contribution in [3.05, 3.63) is 85.1 Å². The van der Waals surface area contributed by atoms with E-state index in [4.69, 9.17) is 14.2 Å². The maximum absolute atomic E-state index is 12.7. The lowest BCUT2D eigenvalue weighted by atomic mass is 10.0. The van der Waals surface area contributed by atoms with Crippen LogP contribution in [0, 0.1) is 0 Å². The largest absolute Gasteiger partial charge is 0.462 e. The Kier molecular flexibility index (Phi) is 50.4. The summed E-state index contributed by atoms with van der Waals surface area (Å²) in [6, 6.07) is 0. The Morgan fingerprint density at radius 1 is 0.323 bits per heavy atom. The van der Waals surface area contributed by atoms with E-state index in [0.29, 0.717) is 19.3 Å². The fourth-order valence-corrected chi connectivity index (χ4v) is 7.33. The Hall–Kier alpha value is -3.41. The maximum Gasteiger partial charge on any atom is 0.306 e. The van der Waals surface area contributed by atoms with Crippen LogP contribution in [0.3, 0.4) is 0 Å². The normalized spacial score (nSPS) is 12.7. The second kappa shape index (κ2) is 53.2. The van der Waals surface area contributed by atoms with Gasteiger partial charge in [0, 0.05) is 19.3 Å². The van der Waals surface area contributed by atoms with Gasteiger partial charge in [0.25, 0.3) is 0 Å². The van der Waals surface area contributed by atoms with Gasteiger partial charge in [0.05, 0.1) is 0 Å². The van der Waals surface area contributed by atoms with Crippen molar-refractivity contribution in [2.75, 3.05) is 13.2 Å². The number of hydrogen-bond donors (Lipinski definition) is 0. The smallest absolute Gasteiger partial charge is 0.306 e. The number of carbonyl (C=O) groups excluding carboxylic acids is 3. The van der Waals surface area contributed by atoms with E-state index in [1.54, 1.807) is 0 Å². The van der Waals surface area contributed by atoms with Gasteiger partial charge in [-0.05, 0) is 89.9 Å². The zero-order valence-corrected chi connectivity index (χ0v) is 42.5. The minimum Gasteiger partial charge on any atom is -0.462 e. The van der Waals surface area contributed by atoms with E-state index < -0.39 is 6.10 Å². The zero-order valence-electron chi connectivity index (χ0n) is 42.5. The maximum atomic E-state index is 12.7. The highest BCUT2D eigenvalue weighted by Gasteiger charge is 2.19. The van der Waals surface area contributed by atoms with E-state index in [1.807, 2.05) is 0 Å². The van der Waals surface area contributed by atoms with Crippen LogP contribution in [0.4, 0.5) is 0 Å². The van der Waals surface area contributed by atoms with Crippen molar-refractivity contribution in [1.82, 2.24) is 0 Å². The Morgan fingerprint density at radius 3 is 1.02 bits per heavy atom. The predicted molar refractivity (Wildman–Crippen MR) is 279 cm³/mol. The van der Waals surface area contributed by atoms with Gasteiger partial charge in [-0.15, -0.1) is 0 Å². The molecule has 0 N–H and O–H groups in total. The summed E-state index contributed by atoms with van der Waals surface area (Å²) in [4.78, 5) is 37.6. The molecule has 0 aliphatic rings. The van der Waals surface area contributed by atoms with E-state index >= 15 is 0 Å². The van der Waals surface area contributed by atoms with Crippen LogP contribution in [0.1, 0.15) is 252 Å². The fraction of sp³-hybridized carbons (Fsp3) is 0.712. The van der Waals surface area contributed by atoms with Gasteiger partial charge in [0.2, 0.25) is 0 Å². The van der Waals surface area contributed by atoms with E-state index in [2.05, 4.69) is 106 Å². The number of hydrogen-bond acceptors (Lipinski definition) is 6. The van der Waals surface area contributed by atoms with Gasteiger partial charge >= 0.3 is 17.9 Å². The summed E-state index contributed by atoms with van der Waals surface area (Å²) in [6.07, 6.45) is 69.0. The predicted octanol–water partition coefficient (Wildman–Crippen LogP) is 18.0. The van der Waals surface area contributed by atoms with Crippen molar-refractivity contribution in [3.63, 3.8) is 0 Å². The molecule has 0 aromatic rings. The number of carbonyl (C=O) groups is 3. The summed E-state index contributed by atoms with van der Waals surface area (Å²) in [5.74, 6) is -0.902. The van der Waals surface area contributed by atoms with Crippen molar-refractivity contribution in [3.8, 4) is 0 Å². The van der Waals surface area contributed by atoms with Gasteiger partial charge in [-0.3, -0.25) is 14.4 Å². The summed E-state index contributed by atoms with van der Waals surface area (Å²) >= 11 is 0. The van der Waals surface area contributed by atoms with Crippen LogP contribution < -0.4 is 0 Å². The molecule has 1 unspecified atom stereocenters. The molecule has 6 nitrogen and oxygen atoms in total. The summed E-state index contributed by atoms with van der Waals surface area (Å²) in [5.41, 5.74) is 0. The minimum absolute atomic E-state index is 0.0791. The summed E-state index contributed by atoms with van der Waals surface area (Å²) < 4.78 is 16.7. The highest BCUT2D eigenvalue weighted by Crippen LogP contribution is 2.15. The second-order valence-electron chi connectivity index (χ2n) is 17.8. The van der Waals surface area contributed by atoms with Gasteiger partial charge in [-0.25, -0.2) is 0 Å². The van der Waals surface area contributed by atoms with Crippen LogP contribution in [0.25, 0.3) is 0 Å². The Morgan fingerprint density at radius 2 is 0.631 bits per heavy atom. The Labute approximate surface area is 401 Å². The van der Waals surface area contributed by atoms with Crippen molar-refractivity contribution in [1.29, 1.82) is 0 Å². The molecule has 0 bridgehead atoms. The molecule has 0 aliphatic heterocycles. The molecule has 6 heteroatoms. The molecular weight excluding hydrogens is 805 g/mol. The van der Waals surface area contributed by atoms with E-state index in [-0.39, 0.29) is 31.1 Å². The number of allylic oxidation sites excluding steroid dienone is 14. The fourth-order valence-electron chi connectivity index (χ4n) is 7.33. The Bertz CT molecular complexity index is 1270. The van der Waals surface area contributed by atoms with Crippen molar-refractivity contribution in [2.45, 2.75) is 258 Å². The van der Waals surface area contributed by atoms with Crippen molar-refractivity contribution in [2.24, 2.45) is 0 Å². The molecule has 0 rings (SSSR count). The lowest BCUT2D eigenvalue weighted by Crippen LogP contribution is -2.30. The van der Waals surface area contributed by atoms with Gasteiger partial charge in [0.1, 0.15) is 13.2 Å². The standard InChI is InChI=1S/C59H100O6/c1-4-7-10-13-16-18-20-21-22-23-24-25-26-27-28-29-30-31-32-33-34-35-36-37-38-39-40-42-43-46-49-52-58(61)64-55-56(54-63-57(60)51-48-45-15-12-9-6-3)65-59(62)53-50-47-44-41-19-17-14-11-8-5-2/h7,10-11,14,16,18,21-22,24-25,27-28,30-31,56H,4-6,8-9,12-13,15,17,19-20,23,26,29,32-55H2,1-3H3/b10-7-,14-11-,18-16-,22-21-,25-24-,28-27-,31-30-. The van der Waals surface area contributed by atoms with Gasteiger partial charge in [-0.2, -0.15) is 0 Å². The average molecular weight is 905 g/mol. The summed E-state index contributed by atoms with van der Waals surface area (Å²) in [5, 5.41) is 0. The topological polar surface area (TPSA) is 78.9 Å². The minimum atomic E-state index is -0.775. The first-order chi connectivity index (χ1) is 32.0. The third kappa shape index (κ3) is 51.4. The average Bonchev–Trinajstić information content (AvgIpc) is 3.30. The van der Waals surface area contributed by atoms with Crippen LogP contribution >= 0.6 is 0 Å². The van der Waals surface area contributed by atoms with Crippen molar-refractivity contribution < 1.29 is 28.6 Å². The molecule has 65 heavy (non-hydrogen) atoms. The van der Waals surface area contributed by atoms with Crippen LogP contribution in [0.15, 0.2) is 85.1 Å². The number of ether oxygens (including phenoxy) is 3.